The number of nitrogens with one attached hydrogen (secondary N) is 1. The Kier molecular flexibility index (Phi) is 5.44. The standard InChI is InChI=1S/C12H17BrN2O2/c1-8(2)16-5-6-17-11-4-3-9(12(14)15)7-10(11)13/h3-4,7-8H,5-6H2,1-2H3,(H3,14,15). The summed E-state index contributed by atoms with van der Waals surface area (Å²) in [6.45, 7) is 5.02. The van der Waals surface area contributed by atoms with Crippen LogP contribution in [0.15, 0.2) is 22.7 Å². The molecule has 4 nitrogen and oxygen atoms in total. The Bertz CT molecular complexity index is 394. The van der Waals surface area contributed by atoms with Crippen molar-refractivity contribution >= 4 is 21.8 Å². The predicted octanol–water partition coefficient (Wildman–Crippen LogP) is 2.54. The fraction of sp³-hybridized carbons (Fsp3) is 0.417. The second kappa shape index (κ2) is 6.61. The summed E-state index contributed by atoms with van der Waals surface area (Å²) in [5.41, 5.74) is 6.06. The van der Waals surface area contributed by atoms with E-state index in [1.165, 1.54) is 0 Å². The van der Waals surface area contributed by atoms with Crippen LogP contribution in [0.5, 0.6) is 5.75 Å². The lowest BCUT2D eigenvalue weighted by atomic mass is 10.2. The molecule has 3 N–H and O–H groups in total. The Balaban J connectivity index is 2.52. The van der Waals surface area contributed by atoms with Crippen LogP contribution in [0.2, 0.25) is 0 Å². The maximum atomic E-state index is 7.31. The molecular weight excluding hydrogens is 284 g/mol. The van der Waals surface area contributed by atoms with Crippen molar-refractivity contribution in [1.82, 2.24) is 0 Å². The van der Waals surface area contributed by atoms with Crippen molar-refractivity contribution in [2.45, 2.75) is 20.0 Å². The number of ether oxygens (including phenoxy) is 2. The molecule has 0 heterocycles. The van der Waals surface area contributed by atoms with Gasteiger partial charge in [0.2, 0.25) is 0 Å². The molecule has 1 rings (SSSR count). The summed E-state index contributed by atoms with van der Waals surface area (Å²) in [5.74, 6) is 0.766. The minimum Gasteiger partial charge on any atom is -0.490 e. The Morgan fingerprint density at radius 3 is 2.65 bits per heavy atom. The summed E-state index contributed by atoms with van der Waals surface area (Å²) in [6, 6.07) is 5.31. The van der Waals surface area contributed by atoms with Gasteiger partial charge in [-0.1, -0.05) is 0 Å². The predicted molar refractivity (Wildman–Crippen MR) is 71.7 cm³/mol. The van der Waals surface area contributed by atoms with Crippen molar-refractivity contribution in [2.24, 2.45) is 5.73 Å². The van der Waals surface area contributed by atoms with Crippen LogP contribution in [-0.2, 0) is 4.74 Å². The van der Waals surface area contributed by atoms with E-state index in [0.29, 0.717) is 18.8 Å². The Morgan fingerprint density at radius 1 is 1.41 bits per heavy atom. The number of hydrogen-bond donors (Lipinski definition) is 2. The van der Waals surface area contributed by atoms with Gasteiger partial charge in [-0.3, -0.25) is 5.41 Å². The lowest BCUT2D eigenvalue weighted by Crippen LogP contribution is -2.12. The fourth-order valence-corrected chi connectivity index (χ4v) is 1.71. The molecular formula is C12H17BrN2O2. The molecule has 0 unspecified atom stereocenters. The van der Waals surface area contributed by atoms with Crippen LogP contribution in [0.1, 0.15) is 19.4 Å². The van der Waals surface area contributed by atoms with E-state index >= 15 is 0 Å². The average molecular weight is 301 g/mol. The molecule has 0 amide bonds. The zero-order valence-electron chi connectivity index (χ0n) is 10.00. The Labute approximate surface area is 110 Å². The van der Waals surface area contributed by atoms with E-state index in [1.54, 1.807) is 18.2 Å². The third kappa shape index (κ3) is 4.75. The second-order valence-electron chi connectivity index (χ2n) is 3.83. The number of rotatable bonds is 6. The highest BCUT2D eigenvalue weighted by atomic mass is 79.9. The van der Waals surface area contributed by atoms with Crippen LogP contribution in [0, 0.1) is 5.41 Å². The van der Waals surface area contributed by atoms with E-state index < -0.39 is 0 Å². The molecule has 0 radical (unpaired) electrons. The van der Waals surface area contributed by atoms with Crippen LogP contribution >= 0.6 is 15.9 Å². The molecule has 0 aliphatic carbocycles. The Morgan fingerprint density at radius 2 is 2.12 bits per heavy atom. The number of amidine groups is 1. The van der Waals surface area contributed by atoms with E-state index in [0.717, 1.165) is 10.2 Å². The first-order chi connectivity index (χ1) is 8.00. The van der Waals surface area contributed by atoms with E-state index in [1.807, 2.05) is 13.8 Å². The smallest absolute Gasteiger partial charge is 0.133 e. The maximum absolute atomic E-state index is 7.31. The number of hydrogen-bond acceptors (Lipinski definition) is 3. The maximum Gasteiger partial charge on any atom is 0.133 e. The SMILES string of the molecule is CC(C)OCCOc1ccc(C(=N)N)cc1Br. The molecule has 0 bridgehead atoms. The van der Waals surface area contributed by atoms with Gasteiger partial charge in [0, 0.05) is 5.56 Å². The number of benzene rings is 1. The highest BCUT2D eigenvalue weighted by molar-refractivity contribution is 9.10. The second-order valence-corrected chi connectivity index (χ2v) is 4.68. The van der Waals surface area contributed by atoms with Crippen molar-refractivity contribution < 1.29 is 9.47 Å². The molecule has 1 aromatic carbocycles. The van der Waals surface area contributed by atoms with Crippen molar-refractivity contribution in [3.63, 3.8) is 0 Å². The van der Waals surface area contributed by atoms with Gasteiger partial charge in [-0.05, 0) is 48.0 Å². The van der Waals surface area contributed by atoms with Gasteiger partial charge in [-0.2, -0.15) is 0 Å². The molecule has 0 atom stereocenters. The van der Waals surface area contributed by atoms with Gasteiger partial charge in [-0.15, -0.1) is 0 Å². The first-order valence-electron chi connectivity index (χ1n) is 5.39. The summed E-state index contributed by atoms with van der Waals surface area (Å²) in [6.07, 6.45) is 0.210. The minimum absolute atomic E-state index is 0.0420. The molecule has 5 heteroatoms. The molecule has 0 aliphatic heterocycles. The normalized spacial score (nSPS) is 10.6. The van der Waals surface area contributed by atoms with Gasteiger partial charge in [0.05, 0.1) is 17.2 Å². The van der Waals surface area contributed by atoms with Crippen LogP contribution < -0.4 is 10.5 Å². The van der Waals surface area contributed by atoms with Gasteiger partial charge in [0.1, 0.15) is 18.2 Å². The van der Waals surface area contributed by atoms with Crippen molar-refractivity contribution in [3.05, 3.63) is 28.2 Å². The zero-order chi connectivity index (χ0) is 12.8. The third-order valence-corrected chi connectivity index (χ3v) is 2.65. The summed E-state index contributed by atoms with van der Waals surface area (Å²) in [4.78, 5) is 0. The molecule has 0 aliphatic rings. The summed E-state index contributed by atoms with van der Waals surface area (Å²) < 4.78 is 11.7. The van der Waals surface area contributed by atoms with Crippen LogP contribution in [-0.4, -0.2) is 25.2 Å². The first-order valence-corrected chi connectivity index (χ1v) is 6.18. The number of nitrogen functional groups attached to an aromatic ring is 1. The van der Waals surface area contributed by atoms with Crippen molar-refractivity contribution in [3.8, 4) is 5.75 Å². The minimum atomic E-state index is 0.0420. The number of nitrogens with two attached hydrogens (primary N) is 1. The summed E-state index contributed by atoms with van der Waals surface area (Å²) >= 11 is 3.38. The van der Waals surface area contributed by atoms with Gasteiger partial charge in [-0.25, -0.2) is 0 Å². The van der Waals surface area contributed by atoms with Gasteiger partial charge >= 0.3 is 0 Å². The van der Waals surface area contributed by atoms with E-state index in [2.05, 4.69) is 15.9 Å². The molecule has 0 aromatic heterocycles. The van der Waals surface area contributed by atoms with Crippen LogP contribution in [0.4, 0.5) is 0 Å². The third-order valence-electron chi connectivity index (χ3n) is 2.03. The molecule has 0 saturated heterocycles. The molecule has 0 spiro atoms. The lowest BCUT2D eigenvalue weighted by Gasteiger charge is -2.11. The van der Waals surface area contributed by atoms with Crippen LogP contribution in [0.25, 0.3) is 0 Å². The zero-order valence-corrected chi connectivity index (χ0v) is 11.6. The Hall–Kier alpha value is -1.07. The fourth-order valence-electron chi connectivity index (χ4n) is 1.22. The molecule has 17 heavy (non-hydrogen) atoms. The van der Waals surface area contributed by atoms with Gasteiger partial charge in [0.25, 0.3) is 0 Å². The van der Waals surface area contributed by atoms with Crippen LogP contribution in [0.3, 0.4) is 0 Å². The summed E-state index contributed by atoms with van der Waals surface area (Å²) in [7, 11) is 0. The van der Waals surface area contributed by atoms with Gasteiger partial charge < -0.3 is 15.2 Å². The van der Waals surface area contributed by atoms with E-state index in [4.69, 9.17) is 20.6 Å². The highest BCUT2D eigenvalue weighted by Crippen LogP contribution is 2.25. The first kappa shape index (κ1) is 14.0. The largest absolute Gasteiger partial charge is 0.490 e. The average Bonchev–Trinajstić information content (AvgIpc) is 2.25. The molecule has 1 aromatic rings. The van der Waals surface area contributed by atoms with Crippen molar-refractivity contribution in [2.75, 3.05) is 13.2 Å². The topological polar surface area (TPSA) is 68.3 Å². The molecule has 94 valence electrons. The van der Waals surface area contributed by atoms with E-state index in [-0.39, 0.29) is 11.9 Å². The molecule has 0 fully saturated rings. The lowest BCUT2D eigenvalue weighted by molar-refractivity contribution is 0.0551. The van der Waals surface area contributed by atoms with E-state index in [9.17, 15) is 0 Å². The molecule has 0 saturated carbocycles. The quantitative estimate of drug-likeness (QED) is 0.482. The highest BCUT2D eigenvalue weighted by Gasteiger charge is 2.04. The van der Waals surface area contributed by atoms with Gasteiger partial charge in [0.15, 0.2) is 0 Å². The monoisotopic (exact) mass is 300 g/mol. The summed E-state index contributed by atoms with van der Waals surface area (Å²) in [5, 5.41) is 7.31. The van der Waals surface area contributed by atoms with Crippen molar-refractivity contribution in [1.29, 1.82) is 5.41 Å². The number of halogens is 1.